The zero-order valence-electron chi connectivity index (χ0n) is 14.7. The van der Waals surface area contributed by atoms with Crippen molar-refractivity contribution in [3.05, 3.63) is 40.7 Å². The molecule has 0 unspecified atom stereocenters. The van der Waals surface area contributed by atoms with Gasteiger partial charge in [0.05, 0.1) is 40.5 Å². The molecule has 8 heteroatoms. The largest absolute Gasteiger partial charge is 0.378 e. The molecule has 1 fully saturated rings. The van der Waals surface area contributed by atoms with Crippen molar-refractivity contribution in [2.24, 2.45) is 0 Å². The van der Waals surface area contributed by atoms with E-state index in [-0.39, 0.29) is 5.91 Å². The van der Waals surface area contributed by atoms with E-state index in [1.54, 1.807) is 0 Å². The Labute approximate surface area is 155 Å². The number of rotatable bonds is 3. The lowest BCUT2D eigenvalue weighted by Crippen LogP contribution is -2.37. The highest BCUT2D eigenvalue weighted by Crippen LogP contribution is 2.25. The highest BCUT2D eigenvalue weighted by molar-refractivity contribution is 7.20. The maximum absolute atomic E-state index is 12.6. The van der Waals surface area contributed by atoms with E-state index in [0.717, 1.165) is 34.7 Å². The number of aromatic nitrogens is 3. The van der Waals surface area contributed by atoms with Gasteiger partial charge in [0.1, 0.15) is 0 Å². The van der Waals surface area contributed by atoms with Crippen LogP contribution in [-0.4, -0.2) is 47.2 Å². The van der Waals surface area contributed by atoms with Gasteiger partial charge in [0.15, 0.2) is 5.01 Å². The molecule has 7 nitrogen and oxygen atoms in total. The number of nitrogens with one attached hydrogen (secondary N) is 1. The van der Waals surface area contributed by atoms with Crippen LogP contribution in [0, 0.1) is 13.8 Å². The van der Waals surface area contributed by atoms with Crippen molar-refractivity contribution in [1.82, 2.24) is 15.0 Å². The predicted octanol–water partition coefficient (Wildman–Crippen LogP) is 2.79. The summed E-state index contributed by atoms with van der Waals surface area (Å²) in [5.41, 5.74) is 2.96. The number of thiazole rings is 1. The molecule has 0 atom stereocenters. The van der Waals surface area contributed by atoms with Gasteiger partial charge in [-0.05, 0) is 26.0 Å². The second-order valence-electron chi connectivity index (χ2n) is 6.11. The van der Waals surface area contributed by atoms with Gasteiger partial charge in [-0.1, -0.05) is 12.1 Å². The van der Waals surface area contributed by atoms with Crippen molar-refractivity contribution in [1.29, 1.82) is 0 Å². The minimum atomic E-state index is -0.236. The summed E-state index contributed by atoms with van der Waals surface area (Å²) in [5.74, 6) is 0.446. The highest BCUT2D eigenvalue weighted by atomic mass is 32.1. The lowest BCUT2D eigenvalue weighted by Gasteiger charge is -2.27. The molecule has 0 aliphatic carbocycles. The van der Waals surface area contributed by atoms with Crippen LogP contribution < -0.4 is 10.2 Å². The first-order valence-corrected chi connectivity index (χ1v) is 9.28. The molecule has 3 heterocycles. The molecular formula is C18H19N5O2S. The number of carbonyl (C=O) groups excluding carboxylic acids is 1. The van der Waals surface area contributed by atoms with Gasteiger partial charge in [0.25, 0.3) is 5.91 Å². The number of fused-ring (bicyclic) bond motifs is 1. The molecule has 0 radical (unpaired) electrons. The van der Waals surface area contributed by atoms with Crippen molar-refractivity contribution in [2.75, 3.05) is 36.5 Å². The number of nitrogens with zero attached hydrogens (tertiary/aromatic N) is 4. The summed E-state index contributed by atoms with van der Waals surface area (Å²) in [4.78, 5) is 28.3. The third-order valence-corrected chi connectivity index (χ3v) is 5.31. The Morgan fingerprint density at radius 1 is 1.12 bits per heavy atom. The Bertz CT molecular complexity index is 909. The van der Waals surface area contributed by atoms with E-state index in [4.69, 9.17) is 4.74 Å². The molecule has 1 aromatic carbocycles. The maximum Gasteiger partial charge on any atom is 0.284 e. The average Bonchev–Trinajstić information content (AvgIpc) is 3.09. The van der Waals surface area contributed by atoms with Crippen LogP contribution in [-0.2, 0) is 4.74 Å². The van der Waals surface area contributed by atoms with Crippen molar-refractivity contribution in [3.8, 4) is 0 Å². The molecule has 1 amide bonds. The Kier molecular flexibility index (Phi) is 4.52. The highest BCUT2D eigenvalue weighted by Gasteiger charge is 2.19. The first-order chi connectivity index (χ1) is 12.6. The third kappa shape index (κ3) is 3.25. The van der Waals surface area contributed by atoms with E-state index in [9.17, 15) is 4.79 Å². The molecule has 0 saturated carbocycles. The second-order valence-corrected chi connectivity index (χ2v) is 7.14. The standard InChI is InChI=1S/C18H19N5O2S/c1-11-15(12(2)20-18(19-11)23-7-9-25-10-8-23)22-16(24)17-21-13-5-3-4-6-14(13)26-17/h3-6H,7-10H2,1-2H3,(H,22,24). The monoisotopic (exact) mass is 369 g/mol. The van der Waals surface area contributed by atoms with Crippen LogP contribution in [0.5, 0.6) is 0 Å². The molecule has 2 aromatic heterocycles. The molecule has 1 N–H and O–H groups in total. The Morgan fingerprint density at radius 3 is 2.50 bits per heavy atom. The Morgan fingerprint density at radius 2 is 1.81 bits per heavy atom. The van der Waals surface area contributed by atoms with E-state index in [1.807, 2.05) is 38.1 Å². The molecule has 26 heavy (non-hydrogen) atoms. The number of hydrogen-bond acceptors (Lipinski definition) is 7. The summed E-state index contributed by atoms with van der Waals surface area (Å²) in [5, 5.41) is 3.36. The number of carbonyl (C=O) groups is 1. The summed E-state index contributed by atoms with van der Waals surface area (Å²) in [7, 11) is 0. The SMILES string of the molecule is Cc1nc(N2CCOCC2)nc(C)c1NC(=O)c1nc2ccccc2s1. The van der Waals surface area contributed by atoms with Gasteiger partial charge in [0, 0.05) is 13.1 Å². The molecule has 1 aliphatic rings. The summed E-state index contributed by atoms with van der Waals surface area (Å²) >= 11 is 1.38. The van der Waals surface area contributed by atoms with E-state index in [0.29, 0.717) is 29.9 Å². The third-order valence-electron chi connectivity index (χ3n) is 4.28. The first-order valence-electron chi connectivity index (χ1n) is 8.46. The van der Waals surface area contributed by atoms with E-state index in [1.165, 1.54) is 11.3 Å². The smallest absolute Gasteiger partial charge is 0.284 e. The molecule has 1 saturated heterocycles. The Hall–Kier alpha value is -2.58. The van der Waals surface area contributed by atoms with E-state index >= 15 is 0 Å². The normalized spacial score (nSPS) is 14.6. The zero-order valence-corrected chi connectivity index (χ0v) is 15.5. The lowest BCUT2D eigenvalue weighted by molar-refractivity contribution is 0.102. The van der Waals surface area contributed by atoms with Crippen LogP contribution in [0.2, 0.25) is 0 Å². The second kappa shape index (κ2) is 6.97. The minimum absolute atomic E-state index is 0.236. The molecule has 0 spiro atoms. The van der Waals surface area contributed by atoms with Crippen LogP contribution in [0.15, 0.2) is 24.3 Å². The number of benzene rings is 1. The molecule has 4 rings (SSSR count). The van der Waals surface area contributed by atoms with Crippen molar-refractivity contribution < 1.29 is 9.53 Å². The van der Waals surface area contributed by atoms with Gasteiger partial charge in [-0.3, -0.25) is 4.79 Å². The number of ether oxygens (including phenoxy) is 1. The van der Waals surface area contributed by atoms with E-state index < -0.39 is 0 Å². The number of morpholine rings is 1. The summed E-state index contributed by atoms with van der Waals surface area (Å²) in [6.07, 6.45) is 0. The first kappa shape index (κ1) is 16.9. The summed E-state index contributed by atoms with van der Waals surface area (Å²) in [6, 6.07) is 7.71. The molecule has 3 aromatic rings. The fourth-order valence-corrected chi connectivity index (χ4v) is 3.78. The van der Waals surface area contributed by atoms with Crippen LogP contribution in [0.4, 0.5) is 11.6 Å². The van der Waals surface area contributed by atoms with Crippen LogP contribution in [0.25, 0.3) is 10.2 Å². The summed E-state index contributed by atoms with van der Waals surface area (Å²) in [6.45, 7) is 6.67. The summed E-state index contributed by atoms with van der Waals surface area (Å²) < 4.78 is 6.36. The topological polar surface area (TPSA) is 80.2 Å². The lowest BCUT2D eigenvalue weighted by atomic mass is 10.2. The fourth-order valence-electron chi connectivity index (χ4n) is 2.92. The van der Waals surface area contributed by atoms with Gasteiger partial charge in [-0.15, -0.1) is 11.3 Å². The van der Waals surface area contributed by atoms with Gasteiger partial charge in [0.2, 0.25) is 5.95 Å². The number of para-hydroxylation sites is 1. The molecular weight excluding hydrogens is 350 g/mol. The van der Waals surface area contributed by atoms with Crippen molar-refractivity contribution in [3.63, 3.8) is 0 Å². The van der Waals surface area contributed by atoms with Crippen molar-refractivity contribution >= 4 is 39.1 Å². The van der Waals surface area contributed by atoms with Gasteiger partial charge >= 0.3 is 0 Å². The van der Waals surface area contributed by atoms with Crippen molar-refractivity contribution in [2.45, 2.75) is 13.8 Å². The number of amides is 1. The fraction of sp³-hybridized carbons (Fsp3) is 0.333. The number of anilines is 2. The zero-order chi connectivity index (χ0) is 18.1. The van der Waals surface area contributed by atoms with Gasteiger partial charge in [-0.2, -0.15) is 0 Å². The predicted molar refractivity (Wildman–Crippen MR) is 102 cm³/mol. The average molecular weight is 369 g/mol. The quantitative estimate of drug-likeness (QED) is 0.765. The number of hydrogen-bond donors (Lipinski definition) is 1. The maximum atomic E-state index is 12.6. The Balaban J connectivity index is 1.58. The molecule has 134 valence electrons. The van der Waals surface area contributed by atoms with Crippen LogP contribution in [0.1, 0.15) is 21.2 Å². The minimum Gasteiger partial charge on any atom is -0.378 e. The van der Waals surface area contributed by atoms with Gasteiger partial charge in [-0.25, -0.2) is 15.0 Å². The van der Waals surface area contributed by atoms with Crippen LogP contribution in [0.3, 0.4) is 0 Å². The molecule has 0 bridgehead atoms. The molecule has 1 aliphatic heterocycles. The number of aryl methyl sites for hydroxylation is 2. The van der Waals surface area contributed by atoms with Gasteiger partial charge < -0.3 is 15.0 Å². The van der Waals surface area contributed by atoms with Crippen LogP contribution >= 0.6 is 11.3 Å². The van der Waals surface area contributed by atoms with E-state index in [2.05, 4.69) is 25.2 Å².